The van der Waals surface area contributed by atoms with Gasteiger partial charge in [-0.1, -0.05) is 5.57 Å². The molecule has 0 fully saturated rings. The third-order valence-corrected chi connectivity index (χ3v) is 2.34. The highest BCUT2D eigenvalue weighted by molar-refractivity contribution is 6.01. The zero-order valence-electron chi connectivity index (χ0n) is 8.05. The first-order chi connectivity index (χ1) is 6.11. The number of allylic oxidation sites excluding steroid dienone is 2. The van der Waals surface area contributed by atoms with Gasteiger partial charge in [0.1, 0.15) is 0 Å². The summed E-state index contributed by atoms with van der Waals surface area (Å²) < 4.78 is 0. The molecular weight excluding hydrogens is 166 g/mol. The van der Waals surface area contributed by atoms with Gasteiger partial charge >= 0.3 is 6.03 Å². The Morgan fingerprint density at radius 1 is 1.46 bits per heavy atom. The molecule has 0 bridgehead atoms. The van der Waals surface area contributed by atoms with Crippen LogP contribution in [-0.2, 0) is 0 Å². The molecule has 2 amide bonds. The molecule has 0 aromatic rings. The summed E-state index contributed by atoms with van der Waals surface area (Å²) in [4.78, 5) is 10.4. The maximum absolute atomic E-state index is 10.4. The maximum Gasteiger partial charge on any atom is 0.332 e. The largest absolute Gasteiger partial charge is 0.350 e. The van der Waals surface area contributed by atoms with Crippen molar-refractivity contribution in [1.29, 1.82) is 0 Å². The summed E-state index contributed by atoms with van der Waals surface area (Å²) in [6.07, 6.45) is 3.15. The van der Waals surface area contributed by atoms with Crippen LogP contribution >= 0.6 is 0 Å². The number of carbonyl (C=O) groups excluding carboxylic acids is 1. The van der Waals surface area contributed by atoms with Gasteiger partial charge in [-0.3, -0.25) is 0 Å². The first-order valence-electron chi connectivity index (χ1n) is 4.40. The SMILES string of the molecule is CC1=C(C)/C(=N/NC(N)=O)CCC1. The Labute approximate surface area is 77.9 Å². The Morgan fingerprint density at radius 3 is 2.77 bits per heavy atom. The number of hydrogen-bond donors (Lipinski definition) is 2. The predicted molar refractivity (Wildman–Crippen MR) is 52.4 cm³/mol. The molecule has 3 N–H and O–H groups in total. The van der Waals surface area contributed by atoms with Crippen LogP contribution in [-0.4, -0.2) is 11.7 Å². The maximum atomic E-state index is 10.4. The smallest absolute Gasteiger partial charge is 0.332 e. The number of primary amides is 1. The first-order valence-corrected chi connectivity index (χ1v) is 4.40. The summed E-state index contributed by atoms with van der Waals surface area (Å²) in [6.45, 7) is 4.12. The van der Waals surface area contributed by atoms with Gasteiger partial charge in [0, 0.05) is 0 Å². The van der Waals surface area contributed by atoms with Crippen LogP contribution in [0, 0.1) is 0 Å². The van der Waals surface area contributed by atoms with E-state index < -0.39 is 6.03 Å². The molecule has 0 saturated heterocycles. The molecule has 1 aliphatic carbocycles. The van der Waals surface area contributed by atoms with Crippen LogP contribution in [0.2, 0.25) is 0 Å². The summed E-state index contributed by atoms with van der Waals surface area (Å²) >= 11 is 0. The molecule has 0 atom stereocenters. The lowest BCUT2D eigenvalue weighted by Crippen LogP contribution is -2.26. The number of hydrogen-bond acceptors (Lipinski definition) is 2. The second-order valence-corrected chi connectivity index (χ2v) is 3.29. The summed E-state index contributed by atoms with van der Waals surface area (Å²) in [7, 11) is 0. The summed E-state index contributed by atoms with van der Waals surface area (Å²) in [5.41, 5.74) is 10.6. The number of nitrogens with one attached hydrogen (secondary N) is 1. The van der Waals surface area contributed by atoms with Gasteiger partial charge < -0.3 is 5.73 Å². The molecule has 72 valence electrons. The minimum Gasteiger partial charge on any atom is -0.350 e. The standard InChI is InChI=1S/C9H15N3O/c1-6-4-3-5-8(7(6)2)11-12-9(10)13/h3-5H2,1-2H3,(H3,10,12,13)/b11-8+. The van der Waals surface area contributed by atoms with Gasteiger partial charge in [0.05, 0.1) is 5.71 Å². The quantitative estimate of drug-likeness (QED) is 0.592. The van der Waals surface area contributed by atoms with Crippen molar-refractivity contribution < 1.29 is 4.79 Å². The highest BCUT2D eigenvalue weighted by Crippen LogP contribution is 2.21. The van der Waals surface area contributed by atoms with Gasteiger partial charge in [0.15, 0.2) is 0 Å². The lowest BCUT2D eigenvalue weighted by molar-refractivity contribution is 0.249. The topological polar surface area (TPSA) is 67.5 Å². The van der Waals surface area contributed by atoms with Crippen LogP contribution in [0.1, 0.15) is 33.1 Å². The monoisotopic (exact) mass is 181 g/mol. The van der Waals surface area contributed by atoms with Gasteiger partial charge in [0.2, 0.25) is 0 Å². The zero-order valence-corrected chi connectivity index (χ0v) is 8.05. The van der Waals surface area contributed by atoms with Gasteiger partial charge in [-0.05, 0) is 38.7 Å². The predicted octanol–water partition coefficient (Wildman–Crippen LogP) is 1.53. The van der Waals surface area contributed by atoms with E-state index >= 15 is 0 Å². The molecule has 0 unspecified atom stereocenters. The van der Waals surface area contributed by atoms with E-state index in [0.717, 1.165) is 25.0 Å². The molecule has 0 aliphatic heterocycles. The van der Waals surface area contributed by atoms with Crippen molar-refractivity contribution in [3.63, 3.8) is 0 Å². The Balaban J connectivity index is 2.74. The molecule has 4 nitrogen and oxygen atoms in total. The van der Waals surface area contributed by atoms with E-state index in [1.165, 1.54) is 11.1 Å². The summed E-state index contributed by atoms with van der Waals surface area (Å²) in [6, 6.07) is -0.608. The van der Waals surface area contributed by atoms with Crippen molar-refractivity contribution in [1.82, 2.24) is 5.43 Å². The van der Waals surface area contributed by atoms with E-state index in [1.807, 2.05) is 6.92 Å². The molecule has 0 aromatic carbocycles. The third kappa shape index (κ3) is 2.57. The van der Waals surface area contributed by atoms with E-state index in [-0.39, 0.29) is 0 Å². The fourth-order valence-electron chi connectivity index (χ4n) is 1.40. The molecule has 4 heteroatoms. The second kappa shape index (κ2) is 4.07. The van der Waals surface area contributed by atoms with Crippen LogP contribution in [0.4, 0.5) is 4.79 Å². The number of hydrazone groups is 1. The van der Waals surface area contributed by atoms with E-state index in [9.17, 15) is 4.79 Å². The Bertz CT molecular complexity index is 279. The molecule has 0 spiro atoms. The highest BCUT2D eigenvalue weighted by atomic mass is 16.2. The van der Waals surface area contributed by atoms with E-state index in [0.29, 0.717) is 0 Å². The van der Waals surface area contributed by atoms with Crippen molar-refractivity contribution in [3.05, 3.63) is 11.1 Å². The van der Waals surface area contributed by atoms with Crippen molar-refractivity contribution in [2.45, 2.75) is 33.1 Å². The third-order valence-electron chi connectivity index (χ3n) is 2.34. The number of amides is 2. The van der Waals surface area contributed by atoms with Crippen LogP contribution in [0.3, 0.4) is 0 Å². The van der Waals surface area contributed by atoms with Crippen molar-refractivity contribution >= 4 is 11.7 Å². The highest BCUT2D eigenvalue weighted by Gasteiger charge is 2.12. The Morgan fingerprint density at radius 2 is 2.15 bits per heavy atom. The lowest BCUT2D eigenvalue weighted by Gasteiger charge is -2.16. The molecule has 1 aliphatic rings. The first kappa shape index (κ1) is 9.77. The van der Waals surface area contributed by atoms with Gasteiger partial charge in [-0.15, -0.1) is 0 Å². The normalized spacial score (nSPS) is 20.6. The zero-order chi connectivity index (χ0) is 9.84. The molecule has 1 rings (SSSR count). The molecule has 0 heterocycles. The number of rotatable bonds is 1. The van der Waals surface area contributed by atoms with Gasteiger partial charge in [-0.2, -0.15) is 5.10 Å². The summed E-state index contributed by atoms with van der Waals surface area (Å²) in [5.74, 6) is 0. The Kier molecular flexibility index (Phi) is 3.06. The fourth-order valence-corrected chi connectivity index (χ4v) is 1.40. The number of urea groups is 1. The van der Waals surface area contributed by atoms with Gasteiger partial charge in [-0.25, -0.2) is 10.2 Å². The minimum atomic E-state index is -0.608. The minimum absolute atomic E-state index is 0.608. The van der Waals surface area contributed by atoms with Crippen LogP contribution in [0.5, 0.6) is 0 Å². The molecular formula is C9H15N3O. The van der Waals surface area contributed by atoms with E-state index in [1.54, 1.807) is 0 Å². The fraction of sp³-hybridized carbons (Fsp3) is 0.556. The van der Waals surface area contributed by atoms with Crippen molar-refractivity contribution in [2.75, 3.05) is 0 Å². The molecule has 0 radical (unpaired) electrons. The average Bonchev–Trinajstić information content (AvgIpc) is 2.07. The van der Waals surface area contributed by atoms with Crippen LogP contribution in [0.15, 0.2) is 16.2 Å². The van der Waals surface area contributed by atoms with E-state index in [2.05, 4.69) is 17.5 Å². The van der Waals surface area contributed by atoms with Crippen molar-refractivity contribution in [2.24, 2.45) is 10.8 Å². The number of nitrogens with zero attached hydrogens (tertiary/aromatic N) is 1. The molecule has 13 heavy (non-hydrogen) atoms. The van der Waals surface area contributed by atoms with Crippen molar-refractivity contribution in [3.8, 4) is 0 Å². The average molecular weight is 181 g/mol. The Hall–Kier alpha value is -1.32. The van der Waals surface area contributed by atoms with Crippen LogP contribution < -0.4 is 11.2 Å². The number of carbonyl (C=O) groups is 1. The molecule has 0 saturated carbocycles. The van der Waals surface area contributed by atoms with Gasteiger partial charge in [0.25, 0.3) is 0 Å². The summed E-state index contributed by atoms with van der Waals surface area (Å²) in [5, 5.41) is 3.95. The number of nitrogens with two attached hydrogens (primary N) is 1. The van der Waals surface area contributed by atoms with E-state index in [4.69, 9.17) is 5.73 Å². The molecule has 0 aromatic heterocycles. The second-order valence-electron chi connectivity index (χ2n) is 3.29. The lowest BCUT2D eigenvalue weighted by atomic mass is 9.92. The van der Waals surface area contributed by atoms with Crippen LogP contribution in [0.25, 0.3) is 0 Å².